The van der Waals surface area contributed by atoms with Crippen LogP contribution in [0.25, 0.3) is 0 Å². The predicted molar refractivity (Wildman–Crippen MR) is 80.9 cm³/mol. The van der Waals surface area contributed by atoms with E-state index in [4.69, 9.17) is 5.73 Å². The molecule has 0 aromatic carbocycles. The Morgan fingerprint density at radius 2 is 2.00 bits per heavy atom. The van der Waals surface area contributed by atoms with Crippen LogP contribution in [0.15, 0.2) is 0 Å². The summed E-state index contributed by atoms with van der Waals surface area (Å²) in [6.45, 7) is 3.79. The maximum Gasteiger partial charge on any atom is 0.220 e. The van der Waals surface area contributed by atoms with Gasteiger partial charge < -0.3 is 11.1 Å². The van der Waals surface area contributed by atoms with Gasteiger partial charge in [-0.2, -0.15) is 0 Å². The number of nitrogens with two attached hydrogens (primary N) is 1. The van der Waals surface area contributed by atoms with Crippen LogP contribution in [0.3, 0.4) is 0 Å². The molecule has 3 nitrogen and oxygen atoms in total. The molecule has 0 radical (unpaired) electrons. The summed E-state index contributed by atoms with van der Waals surface area (Å²) >= 11 is 0. The number of nitrogens with one attached hydrogen (secondary N) is 1. The monoisotopic (exact) mass is 268 g/mol. The Bertz CT molecular complexity index is 237. The number of carbonyl (C=O) groups is 1. The van der Waals surface area contributed by atoms with Crippen LogP contribution in [0, 0.1) is 11.8 Å². The van der Waals surface area contributed by atoms with Gasteiger partial charge in [0.15, 0.2) is 0 Å². The molecule has 1 aliphatic carbocycles. The largest absolute Gasteiger partial charge is 0.356 e. The molecule has 0 saturated heterocycles. The zero-order valence-corrected chi connectivity index (χ0v) is 12.6. The number of hydrogen-bond acceptors (Lipinski definition) is 2. The van der Waals surface area contributed by atoms with Crippen molar-refractivity contribution in [3.05, 3.63) is 0 Å². The molecule has 3 N–H and O–H groups in total. The van der Waals surface area contributed by atoms with Crippen LogP contribution in [-0.2, 0) is 4.79 Å². The maximum atomic E-state index is 11.8. The predicted octanol–water partition coefficient (Wildman–Crippen LogP) is 3.23. The van der Waals surface area contributed by atoms with E-state index in [1.807, 2.05) is 0 Å². The zero-order chi connectivity index (χ0) is 13.9. The molecule has 112 valence electrons. The summed E-state index contributed by atoms with van der Waals surface area (Å²) in [6.07, 6.45) is 11.9. The molecule has 1 unspecified atom stereocenters. The Hall–Kier alpha value is -0.570. The molecule has 0 aromatic heterocycles. The first-order valence-corrected chi connectivity index (χ1v) is 8.23. The van der Waals surface area contributed by atoms with E-state index in [0.29, 0.717) is 12.3 Å². The molecule has 1 aliphatic rings. The van der Waals surface area contributed by atoms with Crippen LogP contribution in [0.4, 0.5) is 0 Å². The highest BCUT2D eigenvalue weighted by atomic mass is 16.1. The second-order valence-electron chi connectivity index (χ2n) is 6.03. The second-order valence-corrected chi connectivity index (χ2v) is 6.03. The number of rotatable bonds is 9. The molecule has 1 fully saturated rings. The van der Waals surface area contributed by atoms with E-state index in [9.17, 15) is 4.79 Å². The zero-order valence-electron chi connectivity index (χ0n) is 12.6. The van der Waals surface area contributed by atoms with Crippen molar-refractivity contribution in [2.45, 2.75) is 71.1 Å². The molecule has 0 aliphatic heterocycles. The first kappa shape index (κ1) is 16.5. The third-order valence-electron chi connectivity index (χ3n) is 4.53. The van der Waals surface area contributed by atoms with E-state index >= 15 is 0 Å². The normalized spacial score (nSPS) is 18.2. The van der Waals surface area contributed by atoms with E-state index in [1.54, 1.807) is 0 Å². The van der Waals surface area contributed by atoms with E-state index < -0.39 is 0 Å². The van der Waals surface area contributed by atoms with Crippen molar-refractivity contribution in [3.8, 4) is 0 Å². The lowest BCUT2D eigenvalue weighted by Gasteiger charge is -2.21. The van der Waals surface area contributed by atoms with E-state index in [2.05, 4.69) is 12.2 Å². The van der Waals surface area contributed by atoms with E-state index in [1.165, 1.54) is 38.5 Å². The number of carbonyl (C=O) groups excluding carboxylic acids is 1. The average molecular weight is 268 g/mol. The van der Waals surface area contributed by atoms with Gasteiger partial charge in [0.25, 0.3) is 0 Å². The lowest BCUT2D eigenvalue weighted by Crippen LogP contribution is -2.26. The van der Waals surface area contributed by atoms with Gasteiger partial charge >= 0.3 is 0 Å². The smallest absolute Gasteiger partial charge is 0.220 e. The summed E-state index contributed by atoms with van der Waals surface area (Å²) in [7, 11) is 0. The van der Waals surface area contributed by atoms with Crippen molar-refractivity contribution in [2.24, 2.45) is 17.6 Å². The van der Waals surface area contributed by atoms with Gasteiger partial charge in [-0.15, -0.1) is 0 Å². The Morgan fingerprint density at radius 3 is 2.63 bits per heavy atom. The van der Waals surface area contributed by atoms with E-state index in [0.717, 1.165) is 38.3 Å². The first-order chi connectivity index (χ1) is 9.26. The molecule has 19 heavy (non-hydrogen) atoms. The van der Waals surface area contributed by atoms with Gasteiger partial charge in [-0.25, -0.2) is 0 Å². The summed E-state index contributed by atoms with van der Waals surface area (Å²) < 4.78 is 0. The third kappa shape index (κ3) is 7.56. The first-order valence-electron chi connectivity index (χ1n) is 8.23. The van der Waals surface area contributed by atoms with Gasteiger partial charge in [0.2, 0.25) is 5.91 Å². The van der Waals surface area contributed by atoms with Gasteiger partial charge in [-0.05, 0) is 37.6 Å². The quantitative estimate of drug-likeness (QED) is 0.674. The summed E-state index contributed by atoms with van der Waals surface area (Å²) in [5.41, 5.74) is 5.57. The van der Waals surface area contributed by atoms with Crippen LogP contribution in [0.2, 0.25) is 0 Å². The Labute approximate surface area is 118 Å². The van der Waals surface area contributed by atoms with Crippen LogP contribution in [-0.4, -0.2) is 19.0 Å². The minimum absolute atomic E-state index is 0.228. The minimum Gasteiger partial charge on any atom is -0.356 e. The Balaban J connectivity index is 2.03. The number of hydrogen-bond donors (Lipinski definition) is 2. The van der Waals surface area contributed by atoms with Crippen molar-refractivity contribution in [3.63, 3.8) is 0 Å². The average Bonchev–Trinajstić information content (AvgIpc) is 2.44. The molecular weight excluding hydrogens is 236 g/mol. The van der Waals surface area contributed by atoms with Crippen molar-refractivity contribution in [1.29, 1.82) is 0 Å². The second kappa shape index (κ2) is 10.2. The van der Waals surface area contributed by atoms with Gasteiger partial charge in [0, 0.05) is 13.0 Å². The molecule has 0 aromatic rings. The molecule has 0 heterocycles. The molecule has 0 spiro atoms. The fraction of sp³-hybridized carbons (Fsp3) is 0.938. The van der Waals surface area contributed by atoms with Crippen molar-refractivity contribution in [1.82, 2.24) is 5.32 Å². The summed E-state index contributed by atoms with van der Waals surface area (Å²) in [6, 6.07) is 0. The van der Waals surface area contributed by atoms with Crippen LogP contribution >= 0.6 is 0 Å². The van der Waals surface area contributed by atoms with Crippen LogP contribution in [0.1, 0.15) is 71.1 Å². The highest BCUT2D eigenvalue weighted by Crippen LogP contribution is 2.25. The fourth-order valence-electron chi connectivity index (χ4n) is 3.10. The van der Waals surface area contributed by atoms with Crippen LogP contribution in [0.5, 0.6) is 0 Å². The fourth-order valence-corrected chi connectivity index (χ4v) is 3.10. The lowest BCUT2D eigenvalue weighted by atomic mass is 9.87. The molecule has 1 saturated carbocycles. The van der Waals surface area contributed by atoms with Crippen molar-refractivity contribution < 1.29 is 4.79 Å². The molecular formula is C16H32N2O. The molecule has 1 rings (SSSR count). The van der Waals surface area contributed by atoms with Crippen molar-refractivity contribution in [2.75, 3.05) is 13.1 Å². The van der Waals surface area contributed by atoms with Crippen LogP contribution < -0.4 is 11.1 Å². The lowest BCUT2D eigenvalue weighted by molar-refractivity contribution is -0.121. The maximum absolute atomic E-state index is 11.8. The standard InChI is InChI=1S/C16H32N2O/c1-2-14(10-12-17)8-9-16(19)18-13-11-15-6-4-3-5-7-15/h14-15H,2-13,17H2,1H3,(H,18,19). The summed E-state index contributed by atoms with van der Waals surface area (Å²) in [5.74, 6) is 1.70. The Kier molecular flexibility index (Phi) is 8.89. The number of amides is 1. The Morgan fingerprint density at radius 1 is 1.26 bits per heavy atom. The third-order valence-corrected chi connectivity index (χ3v) is 4.53. The summed E-state index contributed by atoms with van der Waals surface area (Å²) in [5, 5.41) is 3.08. The molecule has 1 atom stereocenters. The van der Waals surface area contributed by atoms with Gasteiger partial charge in [0.1, 0.15) is 0 Å². The van der Waals surface area contributed by atoms with Gasteiger partial charge in [-0.3, -0.25) is 4.79 Å². The topological polar surface area (TPSA) is 55.1 Å². The summed E-state index contributed by atoms with van der Waals surface area (Å²) in [4.78, 5) is 11.8. The van der Waals surface area contributed by atoms with Gasteiger partial charge in [0.05, 0.1) is 0 Å². The highest BCUT2D eigenvalue weighted by molar-refractivity contribution is 5.75. The minimum atomic E-state index is 0.228. The van der Waals surface area contributed by atoms with Crippen molar-refractivity contribution >= 4 is 5.91 Å². The highest BCUT2D eigenvalue weighted by Gasteiger charge is 2.13. The molecule has 0 bridgehead atoms. The molecule has 1 amide bonds. The van der Waals surface area contributed by atoms with E-state index in [-0.39, 0.29) is 5.91 Å². The SMILES string of the molecule is CCC(CCN)CCC(=O)NCCC1CCCCC1. The van der Waals surface area contributed by atoms with Gasteiger partial charge in [-0.1, -0.05) is 45.4 Å². The molecule has 3 heteroatoms.